The summed E-state index contributed by atoms with van der Waals surface area (Å²) < 4.78 is 0. The molecule has 0 saturated carbocycles. The lowest BCUT2D eigenvalue weighted by molar-refractivity contribution is 0.456. The number of rotatable bonds is 5. The van der Waals surface area contributed by atoms with E-state index in [4.69, 9.17) is 0 Å². The van der Waals surface area contributed by atoms with E-state index in [1.54, 1.807) is 0 Å². The van der Waals surface area contributed by atoms with Crippen LogP contribution in [0.15, 0.2) is 24.8 Å². The fraction of sp³-hybridized carbons (Fsp3) is 0.556. The monoisotopic (exact) mass is 139 g/mol. The van der Waals surface area contributed by atoms with Crippen molar-refractivity contribution in [2.24, 2.45) is 0 Å². The Morgan fingerprint density at radius 2 is 1.90 bits per heavy atom. The van der Waals surface area contributed by atoms with E-state index in [1.165, 1.54) is 0 Å². The van der Waals surface area contributed by atoms with Gasteiger partial charge in [0, 0.05) is 6.54 Å². The molecule has 1 nitrogen and oxygen atoms in total. The van der Waals surface area contributed by atoms with Gasteiger partial charge in [0.25, 0.3) is 0 Å². The van der Waals surface area contributed by atoms with Crippen molar-refractivity contribution in [3.63, 3.8) is 0 Å². The number of hydrogen-bond donors (Lipinski definition) is 0. The maximum atomic E-state index is 3.65. The summed E-state index contributed by atoms with van der Waals surface area (Å²) in [6.07, 6.45) is 8.53. The average Bonchev–Trinajstić information content (AvgIpc) is 1.87. The zero-order valence-electron chi connectivity index (χ0n) is 7.01. The van der Waals surface area contributed by atoms with E-state index in [1.807, 2.05) is 6.08 Å². The van der Waals surface area contributed by atoms with Gasteiger partial charge in [0.1, 0.15) is 0 Å². The van der Waals surface area contributed by atoms with Crippen LogP contribution in [0, 0.1) is 0 Å². The molecule has 0 aliphatic carbocycles. The molecular formula is C9H17N. The molecule has 0 aromatic carbocycles. The minimum Gasteiger partial charge on any atom is -0.306 e. The predicted octanol–water partition coefficient (Wildman–Crippen LogP) is 2.07. The molecule has 0 N–H and O–H groups in total. The molecule has 0 unspecified atom stereocenters. The maximum Gasteiger partial charge on any atom is 0.0157 e. The van der Waals surface area contributed by atoms with Crippen molar-refractivity contribution in [2.75, 3.05) is 20.6 Å². The topological polar surface area (TPSA) is 3.24 Å². The van der Waals surface area contributed by atoms with Crippen LogP contribution in [-0.4, -0.2) is 25.5 Å². The van der Waals surface area contributed by atoms with Crippen molar-refractivity contribution in [1.82, 2.24) is 4.90 Å². The molecule has 1 heteroatoms. The van der Waals surface area contributed by atoms with Crippen molar-refractivity contribution in [2.45, 2.75) is 12.8 Å². The van der Waals surface area contributed by atoms with Crippen molar-refractivity contribution in [3.8, 4) is 0 Å². The second-order valence-corrected chi connectivity index (χ2v) is 2.60. The van der Waals surface area contributed by atoms with Gasteiger partial charge in [0.2, 0.25) is 0 Å². The summed E-state index contributed by atoms with van der Waals surface area (Å²) >= 11 is 0. The minimum atomic E-state index is 1.04. The molecule has 0 atom stereocenters. The summed E-state index contributed by atoms with van der Waals surface area (Å²) in [6, 6.07) is 0. The van der Waals surface area contributed by atoms with Crippen LogP contribution in [0.25, 0.3) is 0 Å². The minimum absolute atomic E-state index is 1.04. The summed E-state index contributed by atoms with van der Waals surface area (Å²) in [4.78, 5) is 2.14. The molecule has 0 heterocycles. The van der Waals surface area contributed by atoms with E-state index in [9.17, 15) is 0 Å². The molecule has 0 aromatic rings. The number of likely N-dealkylation sites (N-methyl/N-ethyl adjacent to an activating group) is 1. The first-order valence-electron chi connectivity index (χ1n) is 3.68. The predicted molar refractivity (Wildman–Crippen MR) is 47.1 cm³/mol. The first kappa shape index (κ1) is 9.44. The lowest BCUT2D eigenvalue weighted by Crippen LogP contribution is -2.10. The van der Waals surface area contributed by atoms with Gasteiger partial charge in [-0.1, -0.05) is 18.2 Å². The van der Waals surface area contributed by atoms with Gasteiger partial charge in [-0.05, 0) is 26.9 Å². The van der Waals surface area contributed by atoms with Crippen LogP contribution < -0.4 is 0 Å². The normalized spacial score (nSPS) is 11.1. The van der Waals surface area contributed by atoms with Crippen LogP contribution in [0.5, 0.6) is 0 Å². The van der Waals surface area contributed by atoms with Crippen LogP contribution >= 0.6 is 0 Å². The Kier molecular flexibility index (Phi) is 6.19. The summed E-state index contributed by atoms with van der Waals surface area (Å²) in [5.74, 6) is 0. The third kappa shape index (κ3) is 7.44. The van der Waals surface area contributed by atoms with E-state index in [-0.39, 0.29) is 0 Å². The lowest BCUT2D eigenvalue weighted by Gasteiger charge is -2.02. The van der Waals surface area contributed by atoms with E-state index in [0.29, 0.717) is 0 Å². The Morgan fingerprint density at radius 1 is 1.20 bits per heavy atom. The van der Waals surface area contributed by atoms with Gasteiger partial charge in [0.15, 0.2) is 0 Å². The van der Waals surface area contributed by atoms with Gasteiger partial charge in [0.05, 0.1) is 0 Å². The Bertz CT molecular complexity index is 103. The quantitative estimate of drug-likeness (QED) is 0.416. The zero-order valence-corrected chi connectivity index (χ0v) is 7.01. The number of nitrogens with zero attached hydrogens (tertiary/aromatic N) is 1. The Labute approximate surface area is 64.0 Å². The van der Waals surface area contributed by atoms with Gasteiger partial charge in [-0.2, -0.15) is 0 Å². The number of hydrogen-bond acceptors (Lipinski definition) is 1. The molecular weight excluding hydrogens is 122 g/mol. The van der Waals surface area contributed by atoms with E-state index < -0.39 is 0 Å². The van der Waals surface area contributed by atoms with Crippen molar-refractivity contribution in [1.29, 1.82) is 0 Å². The Balaban J connectivity index is 3.11. The van der Waals surface area contributed by atoms with Gasteiger partial charge >= 0.3 is 0 Å². The highest BCUT2D eigenvalue weighted by Gasteiger charge is 1.80. The summed E-state index contributed by atoms with van der Waals surface area (Å²) in [7, 11) is 4.13. The molecule has 0 aliphatic rings. The SMILES string of the molecule is C=CCCC=CCN(C)C. The van der Waals surface area contributed by atoms with Crippen LogP contribution in [0.2, 0.25) is 0 Å². The maximum absolute atomic E-state index is 3.65. The van der Waals surface area contributed by atoms with Crippen LogP contribution in [0.1, 0.15) is 12.8 Å². The Morgan fingerprint density at radius 3 is 2.40 bits per heavy atom. The highest BCUT2D eigenvalue weighted by molar-refractivity contribution is 4.85. The summed E-state index contributed by atoms with van der Waals surface area (Å²) in [6.45, 7) is 4.69. The average molecular weight is 139 g/mol. The second-order valence-electron chi connectivity index (χ2n) is 2.60. The number of unbranched alkanes of at least 4 members (excludes halogenated alkanes) is 1. The lowest BCUT2D eigenvalue weighted by atomic mass is 10.3. The summed E-state index contributed by atoms with van der Waals surface area (Å²) in [5, 5.41) is 0. The highest BCUT2D eigenvalue weighted by atomic mass is 15.0. The van der Waals surface area contributed by atoms with Crippen molar-refractivity contribution < 1.29 is 0 Å². The molecule has 0 aromatic heterocycles. The second kappa shape index (κ2) is 6.56. The molecule has 0 spiro atoms. The largest absolute Gasteiger partial charge is 0.306 e. The van der Waals surface area contributed by atoms with Gasteiger partial charge in [-0.25, -0.2) is 0 Å². The molecule has 0 aliphatic heterocycles. The van der Waals surface area contributed by atoms with Crippen LogP contribution in [0.3, 0.4) is 0 Å². The molecule has 0 saturated heterocycles. The van der Waals surface area contributed by atoms with Crippen molar-refractivity contribution in [3.05, 3.63) is 24.8 Å². The first-order chi connectivity index (χ1) is 4.77. The molecule has 10 heavy (non-hydrogen) atoms. The van der Waals surface area contributed by atoms with Crippen LogP contribution in [-0.2, 0) is 0 Å². The fourth-order valence-corrected chi connectivity index (χ4v) is 0.617. The smallest absolute Gasteiger partial charge is 0.0157 e. The van der Waals surface area contributed by atoms with Crippen LogP contribution in [0.4, 0.5) is 0 Å². The van der Waals surface area contributed by atoms with Crippen molar-refractivity contribution >= 4 is 0 Å². The Hall–Kier alpha value is -0.560. The molecule has 0 amide bonds. The third-order valence-corrected chi connectivity index (χ3v) is 1.17. The zero-order chi connectivity index (χ0) is 7.82. The fourth-order valence-electron chi connectivity index (χ4n) is 0.617. The third-order valence-electron chi connectivity index (χ3n) is 1.17. The molecule has 0 fully saturated rings. The van der Waals surface area contributed by atoms with E-state index in [0.717, 1.165) is 19.4 Å². The first-order valence-corrected chi connectivity index (χ1v) is 3.68. The molecule has 0 radical (unpaired) electrons. The van der Waals surface area contributed by atoms with E-state index >= 15 is 0 Å². The summed E-state index contributed by atoms with van der Waals surface area (Å²) in [5.41, 5.74) is 0. The molecule has 0 bridgehead atoms. The standard InChI is InChI=1S/C9H17N/c1-4-5-6-7-8-9-10(2)3/h4,7-8H,1,5-6,9H2,2-3H3. The van der Waals surface area contributed by atoms with Gasteiger partial charge in [-0.3, -0.25) is 0 Å². The highest BCUT2D eigenvalue weighted by Crippen LogP contribution is 1.90. The van der Waals surface area contributed by atoms with Gasteiger partial charge < -0.3 is 4.90 Å². The molecule has 58 valence electrons. The molecule has 0 rings (SSSR count). The number of allylic oxidation sites excluding steroid dienone is 2. The van der Waals surface area contributed by atoms with Gasteiger partial charge in [-0.15, -0.1) is 6.58 Å². The van der Waals surface area contributed by atoms with E-state index in [2.05, 4.69) is 37.7 Å².